The Kier molecular flexibility index (Phi) is 7.72. The van der Waals surface area contributed by atoms with Gasteiger partial charge in [-0.25, -0.2) is 0 Å². The Morgan fingerprint density at radius 3 is 2.73 bits per heavy atom. The quantitative estimate of drug-likeness (QED) is 0.522. The van der Waals surface area contributed by atoms with E-state index in [1.807, 2.05) is 0 Å². The normalized spacial score (nSPS) is 24.0. The van der Waals surface area contributed by atoms with Crippen molar-refractivity contribution in [3.05, 3.63) is 0 Å². The molecule has 0 N–H and O–H groups in total. The van der Waals surface area contributed by atoms with Gasteiger partial charge in [-0.1, -0.05) is 35.7 Å². The van der Waals surface area contributed by atoms with Gasteiger partial charge in [0.25, 0.3) is 0 Å². The second-order valence-electron chi connectivity index (χ2n) is 4.80. The highest BCUT2D eigenvalue weighted by atomic mass is 79.9. The summed E-state index contributed by atoms with van der Waals surface area (Å²) in [4.78, 5) is 2.68. The van der Waals surface area contributed by atoms with Gasteiger partial charge in [0, 0.05) is 5.33 Å². The highest BCUT2D eigenvalue weighted by Gasteiger charge is 2.14. The van der Waals surface area contributed by atoms with Gasteiger partial charge in [0.2, 0.25) is 0 Å². The second-order valence-corrected chi connectivity index (χ2v) is 5.59. The molecule has 0 aromatic rings. The predicted molar refractivity (Wildman–Crippen MR) is 71.7 cm³/mol. The standard InChI is InChI=1S/C13H26BrN/c1-2-13-7-6-11-15(12-8-13)10-5-3-4-9-14/h13H,2-12H2,1H3. The van der Waals surface area contributed by atoms with Crippen LogP contribution in [0.15, 0.2) is 0 Å². The smallest absolute Gasteiger partial charge is 0.00313 e. The van der Waals surface area contributed by atoms with Gasteiger partial charge in [-0.2, -0.15) is 0 Å². The zero-order valence-corrected chi connectivity index (χ0v) is 11.8. The van der Waals surface area contributed by atoms with E-state index in [0.717, 1.165) is 5.92 Å². The maximum Gasteiger partial charge on any atom is 0.00313 e. The van der Waals surface area contributed by atoms with Crippen LogP contribution in [0.1, 0.15) is 51.9 Å². The Morgan fingerprint density at radius 2 is 2.00 bits per heavy atom. The van der Waals surface area contributed by atoms with Crippen molar-refractivity contribution in [2.24, 2.45) is 5.92 Å². The largest absolute Gasteiger partial charge is 0.303 e. The van der Waals surface area contributed by atoms with E-state index in [9.17, 15) is 0 Å². The molecule has 1 atom stereocenters. The lowest BCUT2D eigenvalue weighted by Crippen LogP contribution is -2.26. The van der Waals surface area contributed by atoms with E-state index >= 15 is 0 Å². The molecule has 15 heavy (non-hydrogen) atoms. The fourth-order valence-electron chi connectivity index (χ4n) is 2.46. The highest BCUT2D eigenvalue weighted by molar-refractivity contribution is 9.09. The van der Waals surface area contributed by atoms with Crippen molar-refractivity contribution in [1.82, 2.24) is 4.90 Å². The van der Waals surface area contributed by atoms with Crippen molar-refractivity contribution in [1.29, 1.82) is 0 Å². The number of hydrogen-bond donors (Lipinski definition) is 0. The molecule has 1 nitrogen and oxygen atoms in total. The molecule has 1 heterocycles. The predicted octanol–water partition coefficient (Wildman–Crippen LogP) is 4.06. The highest BCUT2D eigenvalue weighted by Crippen LogP contribution is 2.20. The van der Waals surface area contributed by atoms with Crippen LogP contribution in [0.4, 0.5) is 0 Å². The van der Waals surface area contributed by atoms with E-state index in [-0.39, 0.29) is 0 Å². The zero-order chi connectivity index (χ0) is 10.9. The molecular formula is C13H26BrN. The molecule has 1 aliphatic heterocycles. The molecule has 0 aromatic carbocycles. The van der Waals surface area contributed by atoms with Crippen LogP contribution in [0.5, 0.6) is 0 Å². The lowest BCUT2D eigenvalue weighted by atomic mass is 9.98. The summed E-state index contributed by atoms with van der Waals surface area (Å²) in [6.07, 6.45) is 9.84. The van der Waals surface area contributed by atoms with Gasteiger partial charge in [-0.3, -0.25) is 0 Å². The van der Waals surface area contributed by atoms with Crippen molar-refractivity contribution < 1.29 is 0 Å². The molecule has 0 aliphatic carbocycles. The molecule has 0 amide bonds. The van der Waals surface area contributed by atoms with Gasteiger partial charge < -0.3 is 4.90 Å². The van der Waals surface area contributed by atoms with Crippen molar-refractivity contribution >= 4 is 15.9 Å². The van der Waals surface area contributed by atoms with Gasteiger partial charge in [0.05, 0.1) is 0 Å². The molecule has 0 saturated carbocycles. The first-order chi connectivity index (χ1) is 7.36. The molecule has 2 heteroatoms. The molecular weight excluding hydrogens is 250 g/mol. The number of nitrogens with zero attached hydrogens (tertiary/aromatic N) is 1. The van der Waals surface area contributed by atoms with Crippen LogP contribution >= 0.6 is 15.9 Å². The van der Waals surface area contributed by atoms with Crippen molar-refractivity contribution in [3.63, 3.8) is 0 Å². The molecule has 1 aliphatic rings. The Balaban J connectivity index is 2.08. The van der Waals surface area contributed by atoms with Crippen molar-refractivity contribution in [3.8, 4) is 0 Å². The molecule has 0 aromatic heterocycles. The third kappa shape index (κ3) is 5.91. The maximum atomic E-state index is 3.49. The summed E-state index contributed by atoms with van der Waals surface area (Å²) in [6.45, 7) is 6.39. The number of rotatable bonds is 6. The lowest BCUT2D eigenvalue weighted by Gasteiger charge is -2.19. The number of hydrogen-bond acceptors (Lipinski definition) is 1. The first-order valence-corrected chi connectivity index (χ1v) is 7.77. The Morgan fingerprint density at radius 1 is 1.13 bits per heavy atom. The van der Waals surface area contributed by atoms with Crippen LogP contribution in [-0.2, 0) is 0 Å². The average Bonchev–Trinajstić information content (AvgIpc) is 2.49. The minimum atomic E-state index is 1.01. The Labute approximate surface area is 104 Å². The average molecular weight is 276 g/mol. The summed E-state index contributed by atoms with van der Waals surface area (Å²) in [7, 11) is 0. The summed E-state index contributed by atoms with van der Waals surface area (Å²) in [5.41, 5.74) is 0. The minimum absolute atomic E-state index is 1.01. The van der Waals surface area contributed by atoms with Crippen LogP contribution < -0.4 is 0 Å². The van der Waals surface area contributed by atoms with Crippen LogP contribution in [0.3, 0.4) is 0 Å². The third-order valence-electron chi connectivity index (χ3n) is 3.63. The summed E-state index contributed by atoms with van der Waals surface area (Å²) >= 11 is 3.49. The van der Waals surface area contributed by atoms with E-state index in [1.54, 1.807) is 0 Å². The molecule has 90 valence electrons. The zero-order valence-electron chi connectivity index (χ0n) is 10.2. The number of alkyl halides is 1. The van der Waals surface area contributed by atoms with Gasteiger partial charge in [0.1, 0.15) is 0 Å². The van der Waals surface area contributed by atoms with Gasteiger partial charge in [-0.05, 0) is 57.7 Å². The van der Waals surface area contributed by atoms with Gasteiger partial charge >= 0.3 is 0 Å². The van der Waals surface area contributed by atoms with Crippen molar-refractivity contribution in [2.75, 3.05) is 25.0 Å². The maximum absolute atomic E-state index is 3.49. The lowest BCUT2D eigenvalue weighted by molar-refractivity contribution is 0.274. The van der Waals surface area contributed by atoms with E-state index in [4.69, 9.17) is 0 Å². The third-order valence-corrected chi connectivity index (χ3v) is 4.19. The van der Waals surface area contributed by atoms with E-state index in [1.165, 1.54) is 69.9 Å². The topological polar surface area (TPSA) is 3.24 Å². The molecule has 0 radical (unpaired) electrons. The monoisotopic (exact) mass is 275 g/mol. The summed E-state index contributed by atoms with van der Waals surface area (Å²) in [5.74, 6) is 1.01. The molecule has 0 bridgehead atoms. The summed E-state index contributed by atoms with van der Waals surface area (Å²) in [6, 6.07) is 0. The fraction of sp³-hybridized carbons (Fsp3) is 1.00. The molecule has 1 rings (SSSR count). The molecule has 1 saturated heterocycles. The van der Waals surface area contributed by atoms with Crippen LogP contribution in [0, 0.1) is 5.92 Å². The number of likely N-dealkylation sites (tertiary alicyclic amines) is 1. The van der Waals surface area contributed by atoms with Crippen LogP contribution in [-0.4, -0.2) is 29.9 Å². The van der Waals surface area contributed by atoms with E-state index in [0.29, 0.717) is 0 Å². The molecule has 1 fully saturated rings. The molecule has 0 spiro atoms. The first kappa shape index (κ1) is 13.5. The minimum Gasteiger partial charge on any atom is -0.303 e. The van der Waals surface area contributed by atoms with Crippen LogP contribution in [0.25, 0.3) is 0 Å². The fourth-order valence-corrected chi connectivity index (χ4v) is 2.86. The van der Waals surface area contributed by atoms with E-state index in [2.05, 4.69) is 27.8 Å². The van der Waals surface area contributed by atoms with Crippen LogP contribution in [0.2, 0.25) is 0 Å². The van der Waals surface area contributed by atoms with Gasteiger partial charge in [-0.15, -0.1) is 0 Å². The van der Waals surface area contributed by atoms with Crippen molar-refractivity contribution in [2.45, 2.75) is 51.9 Å². The van der Waals surface area contributed by atoms with Gasteiger partial charge in [0.15, 0.2) is 0 Å². The van der Waals surface area contributed by atoms with E-state index < -0.39 is 0 Å². The number of halogens is 1. The Hall–Kier alpha value is 0.440. The Bertz CT molecular complexity index is 149. The molecule has 1 unspecified atom stereocenters. The summed E-state index contributed by atoms with van der Waals surface area (Å²) < 4.78 is 0. The second kappa shape index (κ2) is 8.58. The SMILES string of the molecule is CCC1CCCN(CCCCCBr)CC1. The number of unbranched alkanes of at least 4 members (excludes halogenated alkanes) is 2. The first-order valence-electron chi connectivity index (χ1n) is 6.65. The summed E-state index contributed by atoms with van der Waals surface area (Å²) in [5, 5.41) is 1.17.